The monoisotopic (exact) mass is 417 g/mol. The molecule has 6 nitrogen and oxygen atoms in total. The van der Waals surface area contributed by atoms with Crippen LogP contribution >= 0.6 is 0 Å². The van der Waals surface area contributed by atoms with Gasteiger partial charge in [0.2, 0.25) is 5.91 Å². The van der Waals surface area contributed by atoms with Crippen LogP contribution in [0, 0.1) is 20.8 Å². The largest absolute Gasteiger partial charge is 0.482 e. The van der Waals surface area contributed by atoms with Crippen molar-refractivity contribution >= 4 is 17.5 Å². The molecule has 2 aromatic carbocycles. The second kappa shape index (κ2) is 8.30. The first-order valence-electron chi connectivity index (χ1n) is 10.4. The lowest BCUT2D eigenvalue weighted by Gasteiger charge is -2.21. The molecular formula is C25H27N3O3. The number of rotatable bonds is 5. The number of benzene rings is 2. The molecule has 0 aliphatic carbocycles. The third kappa shape index (κ3) is 4.33. The first kappa shape index (κ1) is 20.7. The van der Waals surface area contributed by atoms with E-state index in [4.69, 9.17) is 4.74 Å². The summed E-state index contributed by atoms with van der Waals surface area (Å²) < 4.78 is 7.58. The Morgan fingerprint density at radius 2 is 1.87 bits per heavy atom. The molecule has 0 saturated carbocycles. The minimum absolute atomic E-state index is 0.0274. The quantitative estimate of drug-likeness (QED) is 0.655. The van der Waals surface area contributed by atoms with Crippen LogP contribution < -0.4 is 15.4 Å². The molecule has 1 aliphatic heterocycles. The summed E-state index contributed by atoms with van der Waals surface area (Å²) in [6.45, 7) is 8.13. The molecular weight excluding hydrogens is 390 g/mol. The summed E-state index contributed by atoms with van der Waals surface area (Å²) in [5.41, 5.74) is 7.03. The van der Waals surface area contributed by atoms with Crippen molar-refractivity contribution in [3.8, 4) is 11.4 Å². The van der Waals surface area contributed by atoms with E-state index in [-0.39, 0.29) is 24.5 Å². The summed E-state index contributed by atoms with van der Waals surface area (Å²) in [5.74, 6) is 0.422. The predicted molar refractivity (Wildman–Crippen MR) is 121 cm³/mol. The smallest absolute Gasteiger partial charge is 0.262 e. The number of aryl methyl sites for hydroxylation is 2. The highest BCUT2D eigenvalue weighted by atomic mass is 16.5. The summed E-state index contributed by atoms with van der Waals surface area (Å²) in [4.78, 5) is 24.3. The lowest BCUT2D eigenvalue weighted by Crippen LogP contribution is -2.29. The van der Waals surface area contributed by atoms with Gasteiger partial charge in [0.1, 0.15) is 5.75 Å². The molecule has 2 amide bonds. The van der Waals surface area contributed by atoms with Crippen LogP contribution in [0.1, 0.15) is 41.0 Å². The first-order chi connectivity index (χ1) is 14.8. The highest BCUT2D eigenvalue weighted by Crippen LogP contribution is 2.30. The third-order valence-electron chi connectivity index (χ3n) is 5.69. The van der Waals surface area contributed by atoms with Crippen molar-refractivity contribution < 1.29 is 14.3 Å². The number of hydrogen-bond donors (Lipinski definition) is 2. The van der Waals surface area contributed by atoms with E-state index in [1.54, 1.807) is 0 Å². The predicted octanol–water partition coefficient (Wildman–Crippen LogP) is 4.15. The van der Waals surface area contributed by atoms with Gasteiger partial charge in [0.05, 0.1) is 18.2 Å². The van der Waals surface area contributed by atoms with E-state index in [1.165, 1.54) is 5.56 Å². The molecule has 6 heteroatoms. The zero-order chi connectivity index (χ0) is 22.1. The Hall–Kier alpha value is -3.54. The molecule has 0 bridgehead atoms. The maximum Gasteiger partial charge on any atom is 0.262 e. The molecule has 1 aliphatic rings. The van der Waals surface area contributed by atoms with Crippen molar-refractivity contribution in [2.45, 2.75) is 40.2 Å². The lowest BCUT2D eigenvalue weighted by molar-refractivity contribution is -0.121. The van der Waals surface area contributed by atoms with Gasteiger partial charge in [-0.05, 0) is 69.2 Å². The van der Waals surface area contributed by atoms with Crippen molar-refractivity contribution in [3.63, 3.8) is 0 Å². The van der Waals surface area contributed by atoms with Gasteiger partial charge in [-0.15, -0.1) is 0 Å². The number of hydrogen-bond acceptors (Lipinski definition) is 3. The highest BCUT2D eigenvalue weighted by molar-refractivity contribution is 5.95. The number of anilines is 1. The standard InChI is InChI=1S/C25H27N3O3/c1-15-5-8-21(9-6-15)28-16(2)11-20(18(28)4)13-24(29)26-17(3)19-7-10-23-22(12-19)27-25(30)14-31-23/h5-12,17H,13-14H2,1-4H3,(H,26,29)(H,27,30). The minimum atomic E-state index is -0.197. The lowest BCUT2D eigenvalue weighted by atomic mass is 10.1. The Labute approximate surface area is 182 Å². The molecule has 0 radical (unpaired) electrons. The molecule has 0 saturated heterocycles. The van der Waals surface area contributed by atoms with Crippen molar-refractivity contribution in [1.29, 1.82) is 0 Å². The van der Waals surface area contributed by atoms with Gasteiger partial charge in [0, 0.05) is 17.1 Å². The molecule has 160 valence electrons. The van der Waals surface area contributed by atoms with E-state index in [9.17, 15) is 9.59 Å². The second-order valence-electron chi connectivity index (χ2n) is 8.13. The molecule has 0 spiro atoms. The van der Waals surface area contributed by atoms with Crippen LogP contribution in [0.15, 0.2) is 48.5 Å². The van der Waals surface area contributed by atoms with Crippen LogP contribution in [0.2, 0.25) is 0 Å². The molecule has 1 atom stereocenters. The van der Waals surface area contributed by atoms with Crippen LogP contribution in [-0.4, -0.2) is 23.0 Å². The summed E-state index contributed by atoms with van der Waals surface area (Å²) >= 11 is 0. The van der Waals surface area contributed by atoms with Crippen LogP contribution in [0.4, 0.5) is 5.69 Å². The minimum Gasteiger partial charge on any atom is -0.482 e. The van der Waals surface area contributed by atoms with Crippen molar-refractivity contribution in [3.05, 3.63) is 76.6 Å². The van der Waals surface area contributed by atoms with Crippen molar-refractivity contribution in [2.24, 2.45) is 0 Å². The number of nitrogens with zero attached hydrogens (tertiary/aromatic N) is 1. The Morgan fingerprint density at radius 3 is 2.61 bits per heavy atom. The average molecular weight is 418 g/mol. The maximum absolute atomic E-state index is 12.8. The fraction of sp³-hybridized carbons (Fsp3) is 0.280. The van der Waals surface area contributed by atoms with Gasteiger partial charge >= 0.3 is 0 Å². The first-order valence-corrected chi connectivity index (χ1v) is 10.4. The van der Waals surface area contributed by atoms with Crippen molar-refractivity contribution in [2.75, 3.05) is 11.9 Å². The van der Waals surface area contributed by atoms with E-state index in [2.05, 4.69) is 59.4 Å². The number of carbonyl (C=O) groups excluding carboxylic acids is 2. The Morgan fingerprint density at radius 1 is 1.13 bits per heavy atom. The van der Waals surface area contributed by atoms with Crippen LogP contribution in [-0.2, 0) is 16.0 Å². The summed E-state index contributed by atoms with van der Waals surface area (Å²) in [7, 11) is 0. The molecule has 1 unspecified atom stereocenters. The number of aromatic nitrogens is 1. The van der Waals surface area contributed by atoms with Crippen molar-refractivity contribution in [1.82, 2.24) is 9.88 Å². The Kier molecular flexibility index (Phi) is 5.55. The zero-order valence-corrected chi connectivity index (χ0v) is 18.3. The van der Waals surface area contributed by atoms with Gasteiger partial charge in [-0.25, -0.2) is 0 Å². The summed E-state index contributed by atoms with van der Waals surface area (Å²) in [6.07, 6.45) is 0.306. The average Bonchev–Trinajstić information content (AvgIpc) is 3.01. The second-order valence-corrected chi connectivity index (χ2v) is 8.13. The van der Waals surface area contributed by atoms with Gasteiger partial charge in [-0.1, -0.05) is 23.8 Å². The SMILES string of the molecule is Cc1ccc(-n2c(C)cc(CC(=O)NC(C)c3ccc4c(c3)NC(=O)CO4)c2C)cc1. The number of fused-ring (bicyclic) bond motifs is 1. The van der Waals surface area contributed by atoms with Gasteiger partial charge in [-0.3, -0.25) is 9.59 Å². The number of ether oxygens (including phenoxy) is 1. The zero-order valence-electron chi connectivity index (χ0n) is 18.3. The topological polar surface area (TPSA) is 72.4 Å². The van der Waals surface area contributed by atoms with E-state index >= 15 is 0 Å². The van der Waals surface area contributed by atoms with Gasteiger partial charge in [0.25, 0.3) is 5.91 Å². The van der Waals surface area contributed by atoms with Gasteiger partial charge in [0.15, 0.2) is 6.61 Å². The van der Waals surface area contributed by atoms with Gasteiger partial charge < -0.3 is 19.9 Å². The summed E-state index contributed by atoms with van der Waals surface area (Å²) in [6, 6.07) is 15.8. The van der Waals surface area contributed by atoms with E-state index in [1.807, 2.05) is 32.0 Å². The fourth-order valence-corrected chi connectivity index (χ4v) is 4.02. The summed E-state index contributed by atoms with van der Waals surface area (Å²) in [5, 5.41) is 5.87. The maximum atomic E-state index is 12.8. The van der Waals surface area contributed by atoms with Crippen LogP contribution in [0.3, 0.4) is 0 Å². The molecule has 3 aromatic rings. The Balaban J connectivity index is 1.47. The van der Waals surface area contributed by atoms with E-state index < -0.39 is 0 Å². The number of nitrogens with one attached hydrogen (secondary N) is 2. The molecule has 31 heavy (non-hydrogen) atoms. The number of amides is 2. The molecule has 0 fully saturated rings. The van der Waals surface area contributed by atoms with Crippen LogP contribution in [0.5, 0.6) is 5.75 Å². The fourth-order valence-electron chi connectivity index (χ4n) is 4.02. The Bertz CT molecular complexity index is 1150. The highest BCUT2D eigenvalue weighted by Gasteiger charge is 2.19. The molecule has 1 aromatic heterocycles. The number of carbonyl (C=O) groups is 2. The van der Waals surface area contributed by atoms with Crippen LogP contribution in [0.25, 0.3) is 5.69 Å². The molecule has 4 rings (SSSR count). The molecule has 2 N–H and O–H groups in total. The molecule has 2 heterocycles. The van der Waals surface area contributed by atoms with E-state index in [0.29, 0.717) is 17.9 Å². The third-order valence-corrected chi connectivity index (χ3v) is 5.69. The van der Waals surface area contributed by atoms with E-state index in [0.717, 1.165) is 28.2 Å². The normalized spacial score (nSPS) is 13.7. The van der Waals surface area contributed by atoms with Gasteiger partial charge in [-0.2, -0.15) is 0 Å².